The Hall–Kier alpha value is -1.95. The lowest BCUT2D eigenvalue weighted by molar-refractivity contribution is -0.808. The number of aromatic nitrogens is 2. The molecule has 0 aliphatic heterocycles. The summed E-state index contributed by atoms with van der Waals surface area (Å²) in [6.07, 6.45) is 0. The first kappa shape index (κ1) is 8.15. The van der Waals surface area contributed by atoms with E-state index in [0.717, 1.165) is 0 Å². The van der Waals surface area contributed by atoms with Gasteiger partial charge in [0.15, 0.2) is 0 Å². The van der Waals surface area contributed by atoms with Crippen molar-refractivity contribution in [3.63, 3.8) is 0 Å². The van der Waals surface area contributed by atoms with E-state index in [1.54, 1.807) is 0 Å². The van der Waals surface area contributed by atoms with Gasteiger partial charge in [-0.15, -0.1) is 0 Å². The fourth-order valence-corrected chi connectivity index (χ4v) is 0.764. The SMILES string of the molecule is CC(N=[N+]=[N-])c1c(N)no[n+]1[O-]. The quantitative estimate of drug-likeness (QED) is 0.295. The van der Waals surface area contributed by atoms with Crippen LogP contribution in [-0.4, -0.2) is 5.16 Å². The van der Waals surface area contributed by atoms with Crippen LogP contribution < -0.4 is 10.6 Å². The lowest BCUT2D eigenvalue weighted by atomic mass is 10.2. The summed E-state index contributed by atoms with van der Waals surface area (Å²) in [5.41, 5.74) is 13.4. The van der Waals surface area contributed by atoms with Crippen LogP contribution in [0.3, 0.4) is 0 Å². The highest BCUT2D eigenvalue weighted by Gasteiger charge is 2.21. The molecule has 0 saturated heterocycles. The van der Waals surface area contributed by atoms with Gasteiger partial charge in [0.2, 0.25) is 5.69 Å². The van der Waals surface area contributed by atoms with Gasteiger partial charge < -0.3 is 10.9 Å². The van der Waals surface area contributed by atoms with Crippen molar-refractivity contribution in [1.29, 1.82) is 0 Å². The molecule has 0 radical (unpaired) electrons. The number of nitrogen functional groups attached to an aromatic ring is 1. The molecule has 0 saturated carbocycles. The molecule has 8 nitrogen and oxygen atoms in total. The second kappa shape index (κ2) is 2.97. The Balaban J connectivity index is 3.08. The van der Waals surface area contributed by atoms with Gasteiger partial charge in [-0.3, -0.25) is 4.63 Å². The number of azide groups is 1. The summed E-state index contributed by atoms with van der Waals surface area (Å²) in [5, 5.41) is 17.2. The van der Waals surface area contributed by atoms with E-state index in [-0.39, 0.29) is 16.4 Å². The van der Waals surface area contributed by atoms with E-state index in [1.165, 1.54) is 6.92 Å². The molecule has 1 heterocycles. The molecular weight excluding hydrogens is 164 g/mol. The average molecular weight is 170 g/mol. The van der Waals surface area contributed by atoms with E-state index >= 15 is 0 Å². The van der Waals surface area contributed by atoms with Crippen molar-refractivity contribution < 1.29 is 9.53 Å². The predicted molar refractivity (Wildman–Crippen MR) is 37.4 cm³/mol. The van der Waals surface area contributed by atoms with Gasteiger partial charge in [0, 0.05) is 4.91 Å². The summed E-state index contributed by atoms with van der Waals surface area (Å²) in [6.45, 7) is 1.51. The van der Waals surface area contributed by atoms with E-state index in [4.69, 9.17) is 11.3 Å². The van der Waals surface area contributed by atoms with Crippen molar-refractivity contribution in [2.45, 2.75) is 13.0 Å². The van der Waals surface area contributed by atoms with Gasteiger partial charge in [0.05, 0.1) is 5.16 Å². The topological polar surface area (TPSA) is 128 Å². The molecule has 1 atom stereocenters. The highest BCUT2D eigenvalue weighted by molar-refractivity contribution is 5.30. The second-order valence-corrected chi connectivity index (χ2v) is 2.08. The smallest absolute Gasteiger partial charge is 0.308 e. The third kappa shape index (κ3) is 1.23. The van der Waals surface area contributed by atoms with Gasteiger partial charge in [0.1, 0.15) is 6.04 Å². The van der Waals surface area contributed by atoms with Gasteiger partial charge in [-0.25, -0.2) is 0 Å². The fourth-order valence-electron chi connectivity index (χ4n) is 0.764. The van der Waals surface area contributed by atoms with Gasteiger partial charge in [-0.1, -0.05) is 5.11 Å². The van der Waals surface area contributed by atoms with Gasteiger partial charge >= 0.3 is 5.82 Å². The first-order valence-electron chi connectivity index (χ1n) is 3.06. The molecule has 1 aromatic heterocycles. The third-order valence-electron chi connectivity index (χ3n) is 1.29. The Morgan fingerprint density at radius 3 is 3.00 bits per heavy atom. The lowest BCUT2D eigenvalue weighted by Crippen LogP contribution is -2.29. The first-order chi connectivity index (χ1) is 5.66. The maximum absolute atomic E-state index is 10.8. The first-order valence-corrected chi connectivity index (χ1v) is 3.06. The molecular formula is C4H6N6O2. The van der Waals surface area contributed by atoms with E-state index in [9.17, 15) is 5.21 Å². The second-order valence-electron chi connectivity index (χ2n) is 2.08. The van der Waals surface area contributed by atoms with Gasteiger partial charge in [0.25, 0.3) is 0 Å². The molecule has 0 aromatic carbocycles. The highest BCUT2D eigenvalue weighted by atomic mass is 16.8. The van der Waals surface area contributed by atoms with Crippen molar-refractivity contribution in [3.05, 3.63) is 21.3 Å². The van der Waals surface area contributed by atoms with Crippen molar-refractivity contribution in [1.82, 2.24) is 5.16 Å². The normalized spacial score (nSPS) is 12.1. The Morgan fingerprint density at radius 1 is 1.92 bits per heavy atom. The Labute approximate surface area is 66.7 Å². The van der Waals surface area contributed by atoms with Crippen molar-refractivity contribution >= 4 is 5.82 Å². The molecule has 1 unspecified atom stereocenters. The Bertz CT molecular complexity index is 307. The molecule has 0 bridgehead atoms. The Kier molecular flexibility index (Phi) is 2.02. The van der Waals surface area contributed by atoms with E-state index in [2.05, 4.69) is 19.8 Å². The number of rotatable bonds is 2. The minimum Gasteiger partial charge on any atom is -0.359 e. The molecule has 12 heavy (non-hydrogen) atoms. The third-order valence-corrected chi connectivity index (χ3v) is 1.29. The minimum atomic E-state index is -0.682. The molecule has 0 fully saturated rings. The fraction of sp³-hybridized carbons (Fsp3) is 0.500. The van der Waals surface area contributed by atoms with Gasteiger partial charge in [-0.2, -0.15) is 0 Å². The van der Waals surface area contributed by atoms with Crippen molar-refractivity contribution in [2.24, 2.45) is 5.11 Å². The summed E-state index contributed by atoms with van der Waals surface area (Å²) >= 11 is 0. The minimum absolute atomic E-state index is 0.0211. The summed E-state index contributed by atoms with van der Waals surface area (Å²) in [4.78, 5) is 2.64. The van der Waals surface area contributed by atoms with Crippen LogP contribution >= 0.6 is 0 Å². The van der Waals surface area contributed by atoms with Gasteiger partial charge in [-0.05, 0) is 17.4 Å². The molecule has 1 rings (SSSR count). The monoisotopic (exact) mass is 170 g/mol. The number of nitrogens with zero attached hydrogens (tertiary/aromatic N) is 5. The van der Waals surface area contributed by atoms with Crippen LogP contribution in [0.1, 0.15) is 18.7 Å². The lowest BCUT2D eigenvalue weighted by Gasteiger charge is -1.97. The van der Waals surface area contributed by atoms with Crippen molar-refractivity contribution in [2.75, 3.05) is 5.73 Å². The number of hydrogen-bond acceptors (Lipinski definition) is 5. The largest absolute Gasteiger partial charge is 0.359 e. The zero-order chi connectivity index (χ0) is 9.14. The van der Waals surface area contributed by atoms with E-state index in [0.29, 0.717) is 0 Å². The molecule has 64 valence electrons. The summed E-state index contributed by atoms with van der Waals surface area (Å²) < 4.78 is 4.17. The van der Waals surface area contributed by atoms with Crippen LogP contribution in [0.2, 0.25) is 0 Å². The maximum Gasteiger partial charge on any atom is 0.308 e. The van der Waals surface area contributed by atoms with Crippen molar-refractivity contribution in [3.8, 4) is 0 Å². The predicted octanol–water partition coefficient (Wildman–Crippen LogP) is 0.262. The van der Waals surface area contributed by atoms with Crippen LogP contribution in [0.25, 0.3) is 10.4 Å². The molecule has 1 aromatic rings. The number of nitrogens with two attached hydrogens (primary N) is 1. The highest BCUT2D eigenvalue weighted by Crippen LogP contribution is 2.17. The molecule has 8 heteroatoms. The zero-order valence-corrected chi connectivity index (χ0v) is 6.21. The van der Waals surface area contributed by atoms with Crippen LogP contribution in [0, 0.1) is 5.21 Å². The standard InChI is InChI=1S/C4H6N6O2/c1-2(7-9-6)3-4(5)8-12-10(3)11/h2H,1H3,(H2,5,8). The number of hydrogen-bond donors (Lipinski definition) is 1. The van der Waals surface area contributed by atoms with E-state index < -0.39 is 6.04 Å². The Morgan fingerprint density at radius 2 is 2.58 bits per heavy atom. The van der Waals surface area contributed by atoms with Crippen LogP contribution in [0.5, 0.6) is 0 Å². The molecule has 0 amide bonds. The van der Waals surface area contributed by atoms with Crippen LogP contribution in [0.15, 0.2) is 9.74 Å². The van der Waals surface area contributed by atoms with Crippen LogP contribution in [0.4, 0.5) is 5.82 Å². The van der Waals surface area contributed by atoms with E-state index in [1.807, 2.05) is 0 Å². The molecule has 0 aliphatic carbocycles. The average Bonchev–Trinajstić information content (AvgIpc) is 2.32. The molecule has 0 spiro atoms. The molecule has 0 aliphatic rings. The maximum atomic E-state index is 10.8. The summed E-state index contributed by atoms with van der Waals surface area (Å²) in [5.74, 6) is -0.0649. The zero-order valence-electron chi connectivity index (χ0n) is 6.21. The summed E-state index contributed by atoms with van der Waals surface area (Å²) in [6, 6.07) is -0.682. The summed E-state index contributed by atoms with van der Waals surface area (Å²) in [7, 11) is 0. The molecule has 2 N–H and O–H groups in total. The van der Waals surface area contributed by atoms with Crippen LogP contribution in [-0.2, 0) is 0 Å². The number of anilines is 1.